The third-order valence-electron chi connectivity index (χ3n) is 4.98. The second-order valence-electron chi connectivity index (χ2n) is 6.47. The first kappa shape index (κ1) is 18.0. The van der Waals surface area contributed by atoms with Crippen molar-refractivity contribution < 1.29 is 19.8 Å². The van der Waals surface area contributed by atoms with Crippen molar-refractivity contribution in [1.29, 1.82) is 0 Å². The predicted octanol–water partition coefficient (Wildman–Crippen LogP) is 4.47. The third-order valence-corrected chi connectivity index (χ3v) is 4.98. The lowest BCUT2D eigenvalue weighted by Crippen LogP contribution is -2.44. The molecule has 0 bridgehead atoms. The van der Waals surface area contributed by atoms with Crippen molar-refractivity contribution in [3.05, 3.63) is 0 Å². The lowest BCUT2D eigenvalue weighted by atomic mass is 9.63. The molecule has 0 aromatic heterocycles. The quantitative estimate of drug-likeness (QED) is 0.583. The lowest BCUT2D eigenvalue weighted by molar-refractivity contribution is -0.166. The Morgan fingerprint density at radius 2 is 1.62 bits per heavy atom. The van der Waals surface area contributed by atoms with E-state index in [0.29, 0.717) is 19.3 Å². The summed E-state index contributed by atoms with van der Waals surface area (Å²) < 4.78 is 0. The van der Waals surface area contributed by atoms with Crippen LogP contribution in [-0.4, -0.2) is 22.2 Å². The van der Waals surface area contributed by atoms with Crippen molar-refractivity contribution >= 4 is 11.9 Å². The molecule has 0 saturated heterocycles. The van der Waals surface area contributed by atoms with Crippen molar-refractivity contribution in [2.24, 2.45) is 11.3 Å². The molecule has 1 saturated carbocycles. The highest BCUT2D eigenvalue weighted by Gasteiger charge is 2.50. The first-order valence-electron chi connectivity index (χ1n) is 8.51. The number of hydrogen-bond donors (Lipinski definition) is 2. The molecule has 0 aromatic rings. The number of unbranched alkanes of at least 4 members (excludes halogenated alkanes) is 6. The van der Waals surface area contributed by atoms with Gasteiger partial charge in [-0.15, -0.1) is 0 Å². The van der Waals surface area contributed by atoms with Crippen molar-refractivity contribution in [3.8, 4) is 0 Å². The van der Waals surface area contributed by atoms with Crippen molar-refractivity contribution in [1.82, 2.24) is 0 Å². The van der Waals surface area contributed by atoms with E-state index in [1.54, 1.807) is 0 Å². The molecule has 4 nitrogen and oxygen atoms in total. The van der Waals surface area contributed by atoms with Crippen LogP contribution < -0.4 is 0 Å². The van der Waals surface area contributed by atoms with Crippen LogP contribution in [0.1, 0.15) is 84.0 Å². The minimum absolute atomic E-state index is 0.512. The molecular weight excluding hydrogens is 268 g/mol. The van der Waals surface area contributed by atoms with Crippen LogP contribution in [0.5, 0.6) is 0 Å². The van der Waals surface area contributed by atoms with Crippen LogP contribution >= 0.6 is 0 Å². The number of aliphatic carboxylic acids is 2. The van der Waals surface area contributed by atoms with Gasteiger partial charge >= 0.3 is 11.9 Å². The average molecular weight is 298 g/mol. The standard InChI is InChI=1S/C17H30O4/c1-2-3-4-5-6-7-9-12-17(16(20)21)13-10-8-11-14(17)15(18)19/h14H,2-13H2,1H3,(H,18,19)(H,20,21). The highest BCUT2D eigenvalue weighted by molar-refractivity contribution is 5.83. The van der Waals surface area contributed by atoms with Gasteiger partial charge in [0.05, 0.1) is 11.3 Å². The molecule has 21 heavy (non-hydrogen) atoms. The predicted molar refractivity (Wildman–Crippen MR) is 82.3 cm³/mol. The Bertz CT molecular complexity index is 340. The van der Waals surface area contributed by atoms with Crippen LogP contribution in [0.4, 0.5) is 0 Å². The van der Waals surface area contributed by atoms with E-state index in [9.17, 15) is 19.8 Å². The van der Waals surface area contributed by atoms with E-state index in [-0.39, 0.29) is 0 Å². The smallest absolute Gasteiger partial charge is 0.310 e. The van der Waals surface area contributed by atoms with Crippen molar-refractivity contribution in [2.75, 3.05) is 0 Å². The second kappa shape index (κ2) is 9.06. The molecule has 2 atom stereocenters. The summed E-state index contributed by atoms with van der Waals surface area (Å²) in [5.41, 5.74) is -1.02. The van der Waals surface area contributed by atoms with Gasteiger partial charge in [0.1, 0.15) is 0 Å². The van der Waals surface area contributed by atoms with Crippen molar-refractivity contribution in [3.63, 3.8) is 0 Å². The van der Waals surface area contributed by atoms with Crippen LogP contribution in [0.15, 0.2) is 0 Å². The molecule has 0 aromatic carbocycles. The average Bonchev–Trinajstić information content (AvgIpc) is 2.46. The monoisotopic (exact) mass is 298 g/mol. The van der Waals surface area contributed by atoms with Gasteiger partial charge in [-0.2, -0.15) is 0 Å². The highest BCUT2D eigenvalue weighted by atomic mass is 16.4. The van der Waals surface area contributed by atoms with Crippen LogP contribution in [0.25, 0.3) is 0 Å². The Hall–Kier alpha value is -1.06. The van der Waals surface area contributed by atoms with Gasteiger partial charge in [-0.05, 0) is 19.3 Å². The summed E-state index contributed by atoms with van der Waals surface area (Å²) in [4.78, 5) is 23.2. The number of carboxylic acid groups (broad SMARTS) is 2. The van der Waals surface area contributed by atoms with E-state index < -0.39 is 23.3 Å². The number of hydrogen-bond acceptors (Lipinski definition) is 2. The summed E-state index contributed by atoms with van der Waals surface area (Å²) in [6, 6.07) is 0. The van der Waals surface area contributed by atoms with Crippen LogP contribution in [0.2, 0.25) is 0 Å². The second-order valence-corrected chi connectivity index (χ2v) is 6.47. The molecule has 0 amide bonds. The van der Waals surface area contributed by atoms with E-state index >= 15 is 0 Å². The molecule has 4 heteroatoms. The third kappa shape index (κ3) is 5.01. The number of carboxylic acids is 2. The van der Waals surface area contributed by atoms with Gasteiger partial charge < -0.3 is 10.2 Å². The molecule has 0 radical (unpaired) electrons. The van der Waals surface area contributed by atoms with E-state index in [0.717, 1.165) is 32.1 Å². The molecule has 1 rings (SSSR count). The van der Waals surface area contributed by atoms with E-state index in [2.05, 4.69) is 6.92 Å². The molecule has 0 heterocycles. The van der Waals surface area contributed by atoms with Gasteiger partial charge in [0.15, 0.2) is 0 Å². The summed E-state index contributed by atoms with van der Waals surface area (Å²) in [7, 11) is 0. The first-order valence-corrected chi connectivity index (χ1v) is 8.51. The zero-order valence-corrected chi connectivity index (χ0v) is 13.3. The number of carbonyl (C=O) groups is 2. The molecule has 0 aliphatic heterocycles. The fourth-order valence-corrected chi connectivity index (χ4v) is 3.66. The summed E-state index contributed by atoms with van der Waals surface area (Å²) in [6.45, 7) is 2.19. The van der Waals surface area contributed by atoms with Gasteiger partial charge in [-0.1, -0.05) is 64.7 Å². The van der Waals surface area contributed by atoms with E-state index in [4.69, 9.17) is 0 Å². The van der Waals surface area contributed by atoms with Gasteiger partial charge in [0, 0.05) is 0 Å². The maximum absolute atomic E-state index is 11.7. The summed E-state index contributed by atoms with van der Waals surface area (Å²) >= 11 is 0. The lowest BCUT2D eigenvalue weighted by Gasteiger charge is -2.38. The summed E-state index contributed by atoms with van der Waals surface area (Å²) in [5, 5.41) is 19.0. The zero-order valence-electron chi connectivity index (χ0n) is 13.3. The molecular formula is C17H30O4. The largest absolute Gasteiger partial charge is 0.481 e. The fourth-order valence-electron chi connectivity index (χ4n) is 3.66. The van der Waals surface area contributed by atoms with Crippen LogP contribution in [0, 0.1) is 11.3 Å². The Morgan fingerprint density at radius 3 is 2.19 bits per heavy atom. The fraction of sp³-hybridized carbons (Fsp3) is 0.882. The molecule has 1 fully saturated rings. The van der Waals surface area contributed by atoms with Gasteiger partial charge in [-0.3, -0.25) is 9.59 Å². The molecule has 122 valence electrons. The number of rotatable bonds is 10. The Balaban J connectivity index is 2.48. The van der Waals surface area contributed by atoms with Crippen molar-refractivity contribution in [2.45, 2.75) is 84.0 Å². The summed E-state index contributed by atoms with van der Waals surface area (Å²) in [6.07, 6.45) is 11.2. The molecule has 2 N–H and O–H groups in total. The molecule has 2 unspecified atom stereocenters. The maximum atomic E-state index is 11.7. The summed E-state index contributed by atoms with van der Waals surface area (Å²) in [5.74, 6) is -2.54. The topological polar surface area (TPSA) is 74.6 Å². The molecule has 1 aliphatic rings. The van der Waals surface area contributed by atoms with Gasteiger partial charge in [-0.25, -0.2) is 0 Å². The minimum Gasteiger partial charge on any atom is -0.481 e. The normalized spacial score (nSPS) is 25.7. The maximum Gasteiger partial charge on any atom is 0.310 e. The Morgan fingerprint density at radius 1 is 1.00 bits per heavy atom. The van der Waals surface area contributed by atoms with E-state index in [1.165, 1.54) is 25.7 Å². The molecule has 1 aliphatic carbocycles. The van der Waals surface area contributed by atoms with Gasteiger partial charge in [0.2, 0.25) is 0 Å². The Labute approximate surface area is 127 Å². The molecule has 0 spiro atoms. The van der Waals surface area contributed by atoms with Crippen LogP contribution in [0.3, 0.4) is 0 Å². The zero-order chi connectivity index (χ0) is 15.7. The minimum atomic E-state index is -1.02. The highest BCUT2D eigenvalue weighted by Crippen LogP contribution is 2.45. The SMILES string of the molecule is CCCCCCCCCC1(C(=O)O)CCCCC1C(=O)O. The Kier molecular flexibility index (Phi) is 7.76. The van der Waals surface area contributed by atoms with Gasteiger partial charge in [0.25, 0.3) is 0 Å². The van der Waals surface area contributed by atoms with Crippen LogP contribution in [-0.2, 0) is 9.59 Å². The first-order chi connectivity index (χ1) is 10.0. The van der Waals surface area contributed by atoms with E-state index in [1.807, 2.05) is 0 Å².